The summed E-state index contributed by atoms with van der Waals surface area (Å²) in [6.07, 6.45) is 6.29. The number of amides is 1. The minimum Gasteiger partial charge on any atom is -0.355 e. The third-order valence-electron chi connectivity index (χ3n) is 4.43. The summed E-state index contributed by atoms with van der Waals surface area (Å²) in [5.41, 5.74) is 0.750. The summed E-state index contributed by atoms with van der Waals surface area (Å²) >= 11 is 5.99. The highest BCUT2D eigenvalue weighted by molar-refractivity contribution is 6.30. The van der Waals surface area contributed by atoms with E-state index < -0.39 is 0 Å². The molecule has 1 aliphatic rings. The molecule has 0 heterocycles. The standard InChI is InChI=1S/C17H25ClN2O/c1-19-12-5-13-20-16(21)17(10-3-2-4-11-17)14-6-8-15(18)9-7-14/h6-9,19H,2-5,10-13H2,1H3,(H,20,21). The van der Waals surface area contributed by atoms with Crippen LogP contribution in [-0.4, -0.2) is 26.0 Å². The van der Waals surface area contributed by atoms with Crippen LogP contribution >= 0.6 is 11.6 Å². The van der Waals surface area contributed by atoms with Crippen molar-refractivity contribution in [2.45, 2.75) is 43.9 Å². The summed E-state index contributed by atoms with van der Waals surface area (Å²) in [7, 11) is 1.93. The zero-order valence-electron chi connectivity index (χ0n) is 12.8. The Morgan fingerprint density at radius 3 is 2.43 bits per heavy atom. The van der Waals surface area contributed by atoms with Crippen molar-refractivity contribution >= 4 is 17.5 Å². The van der Waals surface area contributed by atoms with E-state index in [0.717, 1.165) is 55.8 Å². The summed E-state index contributed by atoms with van der Waals surface area (Å²) in [4.78, 5) is 12.8. The van der Waals surface area contributed by atoms with Gasteiger partial charge in [0.2, 0.25) is 5.91 Å². The Labute approximate surface area is 132 Å². The number of carbonyl (C=O) groups excluding carboxylic acids is 1. The fourth-order valence-corrected chi connectivity index (χ4v) is 3.33. The average Bonchev–Trinajstić information content (AvgIpc) is 2.52. The molecule has 3 nitrogen and oxygen atoms in total. The Morgan fingerprint density at radius 2 is 1.81 bits per heavy atom. The molecule has 1 aromatic rings. The minimum absolute atomic E-state index is 0.181. The van der Waals surface area contributed by atoms with E-state index >= 15 is 0 Å². The van der Waals surface area contributed by atoms with Gasteiger partial charge in [0.15, 0.2) is 0 Å². The monoisotopic (exact) mass is 308 g/mol. The van der Waals surface area contributed by atoms with E-state index in [9.17, 15) is 4.79 Å². The van der Waals surface area contributed by atoms with Crippen LogP contribution in [0.5, 0.6) is 0 Å². The highest BCUT2D eigenvalue weighted by Gasteiger charge is 2.40. The van der Waals surface area contributed by atoms with Crippen molar-refractivity contribution in [2.75, 3.05) is 20.1 Å². The molecule has 0 unspecified atom stereocenters. The van der Waals surface area contributed by atoms with E-state index in [4.69, 9.17) is 11.6 Å². The maximum absolute atomic E-state index is 12.8. The molecule has 0 aliphatic heterocycles. The first-order chi connectivity index (χ1) is 10.2. The van der Waals surface area contributed by atoms with Crippen molar-refractivity contribution in [3.63, 3.8) is 0 Å². The van der Waals surface area contributed by atoms with Gasteiger partial charge in [0.1, 0.15) is 0 Å². The second-order valence-electron chi connectivity index (χ2n) is 5.86. The van der Waals surface area contributed by atoms with Gasteiger partial charge in [-0.15, -0.1) is 0 Å². The van der Waals surface area contributed by atoms with E-state index in [2.05, 4.69) is 10.6 Å². The molecule has 2 N–H and O–H groups in total. The van der Waals surface area contributed by atoms with Gasteiger partial charge in [0.25, 0.3) is 0 Å². The molecule has 1 saturated carbocycles. The predicted molar refractivity (Wildman–Crippen MR) is 87.8 cm³/mol. The molecule has 116 valence electrons. The second-order valence-corrected chi connectivity index (χ2v) is 6.30. The predicted octanol–water partition coefficient (Wildman–Crippen LogP) is 3.27. The van der Waals surface area contributed by atoms with Crippen LogP contribution in [0.15, 0.2) is 24.3 Å². The van der Waals surface area contributed by atoms with Crippen LogP contribution in [0.2, 0.25) is 5.02 Å². The molecule has 0 saturated heterocycles. The summed E-state index contributed by atoms with van der Waals surface area (Å²) in [5.74, 6) is 0.181. The van der Waals surface area contributed by atoms with Gasteiger partial charge in [-0.2, -0.15) is 0 Å². The minimum atomic E-state index is -0.359. The lowest BCUT2D eigenvalue weighted by atomic mass is 9.68. The number of carbonyl (C=O) groups is 1. The largest absolute Gasteiger partial charge is 0.355 e. The number of benzene rings is 1. The molecule has 4 heteroatoms. The molecule has 2 rings (SSSR count). The first-order valence-corrected chi connectivity index (χ1v) is 8.26. The molecule has 0 bridgehead atoms. The van der Waals surface area contributed by atoms with Crippen molar-refractivity contribution in [3.8, 4) is 0 Å². The normalized spacial score (nSPS) is 17.4. The van der Waals surface area contributed by atoms with E-state index in [-0.39, 0.29) is 11.3 Å². The molecule has 0 aromatic heterocycles. The van der Waals surface area contributed by atoms with Crippen LogP contribution in [0.25, 0.3) is 0 Å². The van der Waals surface area contributed by atoms with E-state index in [1.807, 2.05) is 31.3 Å². The van der Waals surface area contributed by atoms with Crippen LogP contribution < -0.4 is 10.6 Å². The van der Waals surface area contributed by atoms with Crippen molar-refractivity contribution in [3.05, 3.63) is 34.9 Å². The van der Waals surface area contributed by atoms with Gasteiger partial charge in [0, 0.05) is 11.6 Å². The van der Waals surface area contributed by atoms with Gasteiger partial charge < -0.3 is 10.6 Å². The summed E-state index contributed by atoms with van der Waals surface area (Å²) < 4.78 is 0. The highest BCUT2D eigenvalue weighted by Crippen LogP contribution is 2.40. The molecule has 0 radical (unpaired) electrons. The SMILES string of the molecule is CNCCCNC(=O)C1(c2ccc(Cl)cc2)CCCCC1. The topological polar surface area (TPSA) is 41.1 Å². The van der Waals surface area contributed by atoms with Gasteiger partial charge in [-0.25, -0.2) is 0 Å². The van der Waals surface area contributed by atoms with Gasteiger partial charge in [-0.05, 0) is 50.6 Å². The van der Waals surface area contributed by atoms with Crippen molar-refractivity contribution in [2.24, 2.45) is 0 Å². The molecule has 1 fully saturated rings. The first-order valence-electron chi connectivity index (χ1n) is 7.88. The van der Waals surface area contributed by atoms with Crippen molar-refractivity contribution in [1.82, 2.24) is 10.6 Å². The maximum atomic E-state index is 12.8. The summed E-state index contributed by atoms with van der Waals surface area (Å²) in [6.45, 7) is 1.66. The van der Waals surface area contributed by atoms with Gasteiger partial charge in [-0.1, -0.05) is 43.0 Å². The molecule has 1 aromatic carbocycles. The molecule has 1 amide bonds. The summed E-state index contributed by atoms with van der Waals surface area (Å²) in [5, 5.41) is 6.95. The molecule has 1 aliphatic carbocycles. The zero-order chi connectivity index (χ0) is 15.1. The number of hydrogen-bond acceptors (Lipinski definition) is 2. The number of halogens is 1. The number of rotatable bonds is 6. The molecule has 21 heavy (non-hydrogen) atoms. The van der Waals surface area contributed by atoms with Gasteiger partial charge in [0.05, 0.1) is 5.41 Å². The molecule has 0 atom stereocenters. The Balaban J connectivity index is 2.12. The van der Waals surface area contributed by atoms with Crippen LogP contribution in [0.4, 0.5) is 0 Å². The van der Waals surface area contributed by atoms with Crippen molar-refractivity contribution in [1.29, 1.82) is 0 Å². The third kappa shape index (κ3) is 3.98. The van der Waals surface area contributed by atoms with Crippen LogP contribution in [0.1, 0.15) is 44.1 Å². The number of nitrogens with one attached hydrogen (secondary N) is 2. The maximum Gasteiger partial charge on any atom is 0.230 e. The van der Waals surface area contributed by atoms with Crippen molar-refractivity contribution < 1.29 is 4.79 Å². The zero-order valence-corrected chi connectivity index (χ0v) is 13.5. The number of hydrogen-bond donors (Lipinski definition) is 2. The third-order valence-corrected chi connectivity index (χ3v) is 4.68. The first kappa shape index (κ1) is 16.3. The Kier molecular flexibility index (Phi) is 6.07. The van der Waals surface area contributed by atoms with E-state index in [0.29, 0.717) is 0 Å². The summed E-state index contributed by atoms with van der Waals surface area (Å²) in [6, 6.07) is 7.81. The van der Waals surface area contributed by atoms with Gasteiger partial charge >= 0.3 is 0 Å². The quantitative estimate of drug-likeness (QED) is 0.792. The fraction of sp³-hybridized carbons (Fsp3) is 0.588. The molecule has 0 spiro atoms. The lowest BCUT2D eigenvalue weighted by Gasteiger charge is -2.36. The van der Waals surface area contributed by atoms with Crippen LogP contribution in [0.3, 0.4) is 0 Å². The van der Waals surface area contributed by atoms with E-state index in [1.54, 1.807) is 0 Å². The smallest absolute Gasteiger partial charge is 0.230 e. The highest BCUT2D eigenvalue weighted by atomic mass is 35.5. The van der Waals surface area contributed by atoms with Crippen LogP contribution in [0, 0.1) is 0 Å². The Bertz CT molecular complexity index is 452. The lowest BCUT2D eigenvalue weighted by Crippen LogP contribution is -2.46. The van der Waals surface area contributed by atoms with Crippen LogP contribution in [-0.2, 0) is 10.2 Å². The Hall–Kier alpha value is -1.06. The Morgan fingerprint density at radius 1 is 1.14 bits per heavy atom. The molecular formula is C17H25ClN2O. The fourth-order valence-electron chi connectivity index (χ4n) is 3.21. The average molecular weight is 309 g/mol. The lowest BCUT2D eigenvalue weighted by molar-refractivity contribution is -0.128. The van der Waals surface area contributed by atoms with Gasteiger partial charge in [-0.3, -0.25) is 4.79 Å². The van der Waals surface area contributed by atoms with E-state index in [1.165, 1.54) is 6.42 Å². The molecular weight excluding hydrogens is 284 g/mol. The second kappa shape index (κ2) is 7.81.